The zero-order valence-corrected chi connectivity index (χ0v) is 9.70. The Morgan fingerprint density at radius 2 is 2.13 bits per heavy atom. The quantitative estimate of drug-likeness (QED) is 0.768. The number of hydrogen-bond donors (Lipinski definition) is 2. The van der Waals surface area contributed by atoms with E-state index in [1.54, 1.807) is 6.33 Å². The Hall–Kier alpha value is -1.16. The Morgan fingerprint density at radius 1 is 1.40 bits per heavy atom. The van der Waals surface area contributed by atoms with E-state index in [4.69, 9.17) is 5.73 Å². The van der Waals surface area contributed by atoms with Gasteiger partial charge in [0, 0.05) is 24.3 Å². The summed E-state index contributed by atoms with van der Waals surface area (Å²) in [6.07, 6.45) is 2.52. The first-order valence-corrected chi connectivity index (χ1v) is 5.44. The lowest BCUT2D eigenvalue weighted by atomic mass is 10.1. The molecule has 1 atom stereocenters. The SMILES string of the molecule is CCc1cc(NC(CN)C(C)C)ncn1. The molecule has 0 fully saturated rings. The minimum absolute atomic E-state index is 0.268. The molecule has 0 aliphatic carbocycles. The van der Waals surface area contributed by atoms with Crippen LogP contribution in [-0.4, -0.2) is 22.6 Å². The van der Waals surface area contributed by atoms with Gasteiger partial charge in [-0.15, -0.1) is 0 Å². The molecular formula is C11H20N4. The molecule has 0 saturated heterocycles. The van der Waals surface area contributed by atoms with Crippen LogP contribution < -0.4 is 11.1 Å². The average Bonchev–Trinajstić information content (AvgIpc) is 2.25. The van der Waals surface area contributed by atoms with Crippen molar-refractivity contribution in [1.82, 2.24) is 9.97 Å². The van der Waals surface area contributed by atoms with Gasteiger partial charge in [0.2, 0.25) is 0 Å². The van der Waals surface area contributed by atoms with Crippen LogP contribution in [0.2, 0.25) is 0 Å². The molecule has 0 aliphatic rings. The third-order valence-electron chi connectivity index (χ3n) is 2.48. The molecule has 0 radical (unpaired) electrons. The van der Waals surface area contributed by atoms with E-state index in [0.717, 1.165) is 17.9 Å². The van der Waals surface area contributed by atoms with Crippen molar-refractivity contribution in [2.24, 2.45) is 11.7 Å². The molecule has 1 aromatic heterocycles. The van der Waals surface area contributed by atoms with Crippen LogP contribution in [0.25, 0.3) is 0 Å². The summed E-state index contributed by atoms with van der Waals surface area (Å²) in [5.41, 5.74) is 6.73. The van der Waals surface area contributed by atoms with Gasteiger partial charge in [0.25, 0.3) is 0 Å². The molecule has 15 heavy (non-hydrogen) atoms. The van der Waals surface area contributed by atoms with Gasteiger partial charge in [-0.25, -0.2) is 9.97 Å². The van der Waals surface area contributed by atoms with Crippen molar-refractivity contribution in [3.8, 4) is 0 Å². The van der Waals surface area contributed by atoms with Crippen LogP contribution in [0.4, 0.5) is 5.82 Å². The van der Waals surface area contributed by atoms with Crippen LogP contribution in [0.3, 0.4) is 0 Å². The van der Waals surface area contributed by atoms with Crippen molar-refractivity contribution in [3.63, 3.8) is 0 Å². The van der Waals surface area contributed by atoms with Crippen molar-refractivity contribution < 1.29 is 0 Å². The van der Waals surface area contributed by atoms with Crippen molar-refractivity contribution >= 4 is 5.82 Å². The molecule has 0 saturated carbocycles. The topological polar surface area (TPSA) is 63.8 Å². The second-order valence-corrected chi connectivity index (χ2v) is 3.98. The van der Waals surface area contributed by atoms with Crippen LogP contribution in [-0.2, 0) is 6.42 Å². The normalized spacial score (nSPS) is 12.9. The lowest BCUT2D eigenvalue weighted by molar-refractivity contribution is 0.530. The maximum Gasteiger partial charge on any atom is 0.129 e. The second kappa shape index (κ2) is 5.66. The van der Waals surface area contributed by atoms with Gasteiger partial charge in [-0.2, -0.15) is 0 Å². The Kier molecular flexibility index (Phi) is 4.49. The van der Waals surface area contributed by atoms with Gasteiger partial charge in [0.15, 0.2) is 0 Å². The molecule has 1 unspecified atom stereocenters. The molecule has 0 bridgehead atoms. The maximum atomic E-state index is 5.69. The highest BCUT2D eigenvalue weighted by atomic mass is 15.0. The number of anilines is 1. The monoisotopic (exact) mass is 208 g/mol. The molecule has 0 amide bonds. The van der Waals surface area contributed by atoms with Crippen LogP contribution in [0.5, 0.6) is 0 Å². The molecule has 1 aromatic rings. The highest BCUT2D eigenvalue weighted by Gasteiger charge is 2.11. The number of nitrogens with two attached hydrogens (primary N) is 1. The van der Waals surface area contributed by atoms with Crippen molar-refractivity contribution in [3.05, 3.63) is 18.1 Å². The van der Waals surface area contributed by atoms with E-state index in [-0.39, 0.29) is 6.04 Å². The van der Waals surface area contributed by atoms with Gasteiger partial charge in [-0.1, -0.05) is 20.8 Å². The van der Waals surface area contributed by atoms with E-state index in [2.05, 4.69) is 36.1 Å². The third-order valence-corrected chi connectivity index (χ3v) is 2.48. The predicted octanol–water partition coefficient (Wildman–Crippen LogP) is 1.43. The number of aryl methyl sites for hydroxylation is 1. The number of aromatic nitrogens is 2. The van der Waals surface area contributed by atoms with Gasteiger partial charge >= 0.3 is 0 Å². The van der Waals surface area contributed by atoms with Gasteiger partial charge in [-0.05, 0) is 12.3 Å². The van der Waals surface area contributed by atoms with Crippen molar-refractivity contribution in [2.45, 2.75) is 33.2 Å². The smallest absolute Gasteiger partial charge is 0.129 e. The van der Waals surface area contributed by atoms with E-state index in [0.29, 0.717) is 12.5 Å². The Bertz CT molecular complexity index is 298. The molecule has 0 spiro atoms. The van der Waals surface area contributed by atoms with E-state index < -0.39 is 0 Å². The fourth-order valence-electron chi connectivity index (χ4n) is 1.36. The molecule has 1 heterocycles. The first-order chi connectivity index (χ1) is 7.17. The summed E-state index contributed by atoms with van der Waals surface area (Å²) < 4.78 is 0. The highest BCUT2D eigenvalue weighted by Crippen LogP contribution is 2.10. The van der Waals surface area contributed by atoms with Gasteiger partial charge in [0.1, 0.15) is 12.1 Å². The lowest BCUT2D eigenvalue weighted by Gasteiger charge is -2.21. The van der Waals surface area contributed by atoms with Gasteiger partial charge < -0.3 is 11.1 Å². The predicted molar refractivity (Wildman–Crippen MR) is 62.7 cm³/mol. The maximum absolute atomic E-state index is 5.69. The summed E-state index contributed by atoms with van der Waals surface area (Å²) in [6.45, 7) is 6.98. The molecule has 4 nitrogen and oxygen atoms in total. The fourth-order valence-corrected chi connectivity index (χ4v) is 1.36. The second-order valence-electron chi connectivity index (χ2n) is 3.98. The van der Waals surface area contributed by atoms with Crippen molar-refractivity contribution in [1.29, 1.82) is 0 Å². The van der Waals surface area contributed by atoms with E-state index in [1.807, 2.05) is 6.07 Å². The van der Waals surface area contributed by atoms with Gasteiger partial charge in [0.05, 0.1) is 0 Å². The van der Waals surface area contributed by atoms with E-state index in [1.165, 1.54) is 0 Å². The highest BCUT2D eigenvalue weighted by molar-refractivity contribution is 5.36. The van der Waals surface area contributed by atoms with Crippen LogP contribution in [0, 0.1) is 5.92 Å². The summed E-state index contributed by atoms with van der Waals surface area (Å²) in [6, 6.07) is 2.25. The van der Waals surface area contributed by atoms with Crippen LogP contribution >= 0.6 is 0 Å². The average molecular weight is 208 g/mol. The summed E-state index contributed by atoms with van der Waals surface area (Å²) in [4.78, 5) is 8.33. The largest absolute Gasteiger partial charge is 0.366 e. The summed E-state index contributed by atoms with van der Waals surface area (Å²) in [5.74, 6) is 1.36. The Morgan fingerprint density at radius 3 is 2.67 bits per heavy atom. The van der Waals surface area contributed by atoms with E-state index >= 15 is 0 Å². The first-order valence-electron chi connectivity index (χ1n) is 5.44. The molecule has 0 aliphatic heterocycles. The molecule has 1 rings (SSSR count). The Labute approximate surface area is 91.3 Å². The fraction of sp³-hybridized carbons (Fsp3) is 0.636. The third kappa shape index (κ3) is 3.47. The minimum Gasteiger partial charge on any atom is -0.366 e. The standard InChI is InChI=1S/C11H20N4/c1-4-9-5-11(14-7-13-9)15-10(6-12)8(2)3/h5,7-8,10H,4,6,12H2,1-3H3,(H,13,14,15). The number of rotatable bonds is 5. The Balaban J connectivity index is 2.70. The molecule has 84 valence electrons. The number of nitrogens with one attached hydrogen (secondary N) is 1. The number of nitrogens with zero attached hydrogens (tertiary/aromatic N) is 2. The minimum atomic E-state index is 0.268. The van der Waals surface area contributed by atoms with Gasteiger partial charge in [-0.3, -0.25) is 0 Å². The lowest BCUT2D eigenvalue weighted by Crippen LogP contribution is -2.34. The van der Waals surface area contributed by atoms with Crippen LogP contribution in [0.1, 0.15) is 26.5 Å². The molecule has 4 heteroatoms. The molecule has 3 N–H and O–H groups in total. The molecule has 0 aromatic carbocycles. The summed E-state index contributed by atoms with van der Waals surface area (Å²) in [7, 11) is 0. The summed E-state index contributed by atoms with van der Waals surface area (Å²) >= 11 is 0. The molecular weight excluding hydrogens is 188 g/mol. The zero-order valence-electron chi connectivity index (χ0n) is 9.70. The summed E-state index contributed by atoms with van der Waals surface area (Å²) in [5, 5.41) is 3.33. The van der Waals surface area contributed by atoms with Crippen molar-refractivity contribution in [2.75, 3.05) is 11.9 Å². The zero-order chi connectivity index (χ0) is 11.3. The number of hydrogen-bond acceptors (Lipinski definition) is 4. The first kappa shape index (κ1) is 11.9. The van der Waals surface area contributed by atoms with E-state index in [9.17, 15) is 0 Å². The van der Waals surface area contributed by atoms with Crippen LogP contribution in [0.15, 0.2) is 12.4 Å².